The van der Waals surface area contributed by atoms with Crippen LogP contribution in [0.15, 0.2) is 18.3 Å². The lowest BCUT2D eigenvalue weighted by molar-refractivity contribution is 0.121. The molecular formula is C12H19N3O. The molecule has 2 atom stereocenters. The van der Waals surface area contributed by atoms with Gasteiger partial charge < -0.3 is 15.4 Å². The zero-order chi connectivity index (χ0) is 11.5. The Morgan fingerprint density at radius 3 is 2.88 bits per heavy atom. The number of nitrogens with zero attached hydrogens (tertiary/aromatic N) is 2. The van der Waals surface area contributed by atoms with Gasteiger partial charge in [-0.2, -0.15) is 0 Å². The molecule has 0 aromatic carbocycles. The SMILES string of the molecule is COC1CCN(c2ccc([C@@H](C)N)nc2)C1. The molecule has 1 fully saturated rings. The van der Waals surface area contributed by atoms with Crippen LogP contribution >= 0.6 is 0 Å². The van der Waals surface area contributed by atoms with Gasteiger partial charge in [-0.25, -0.2) is 0 Å². The summed E-state index contributed by atoms with van der Waals surface area (Å²) in [4.78, 5) is 6.66. The number of aromatic nitrogens is 1. The molecule has 4 heteroatoms. The van der Waals surface area contributed by atoms with Crippen LogP contribution in [-0.2, 0) is 4.74 Å². The Bertz CT molecular complexity index is 337. The molecule has 0 spiro atoms. The van der Waals surface area contributed by atoms with Gasteiger partial charge in [-0.3, -0.25) is 4.98 Å². The molecule has 0 radical (unpaired) electrons. The quantitative estimate of drug-likeness (QED) is 0.836. The van der Waals surface area contributed by atoms with Crippen molar-refractivity contribution in [1.29, 1.82) is 0 Å². The van der Waals surface area contributed by atoms with Crippen LogP contribution in [0.2, 0.25) is 0 Å². The largest absolute Gasteiger partial charge is 0.380 e. The molecule has 1 unspecified atom stereocenters. The predicted molar refractivity (Wildman–Crippen MR) is 64.5 cm³/mol. The standard InChI is InChI=1S/C12H19N3O/c1-9(13)12-4-3-10(7-14-12)15-6-5-11(8-15)16-2/h3-4,7,9,11H,5-6,8,13H2,1-2H3/t9-,11?/m1/s1. The fraction of sp³-hybridized carbons (Fsp3) is 0.583. The van der Waals surface area contributed by atoms with E-state index in [0.717, 1.165) is 30.9 Å². The molecule has 0 amide bonds. The average Bonchev–Trinajstić information content (AvgIpc) is 2.77. The highest BCUT2D eigenvalue weighted by atomic mass is 16.5. The van der Waals surface area contributed by atoms with Crippen LogP contribution in [0.25, 0.3) is 0 Å². The first-order valence-electron chi connectivity index (χ1n) is 5.70. The molecule has 0 saturated carbocycles. The second kappa shape index (κ2) is 4.80. The molecule has 0 bridgehead atoms. The first kappa shape index (κ1) is 11.4. The lowest BCUT2D eigenvalue weighted by atomic mass is 10.2. The van der Waals surface area contributed by atoms with E-state index in [1.165, 1.54) is 0 Å². The van der Waals surface area contributed by atoms with Crippen molar-refractivity contribution >= 4 is 5.69 Å². The van der Waals surface area contributed by atoms with Crippen LogP contribution < -0.4 is 10.6 Å². The van der Waals surface area contributed by atoms with Crippen molar-refractivity contribution in [2.45, 2.75) is 25.5 Å². The van der Waals surface area contributed by atoms with Gasteiger partial charge in [-0.15, -0.1) is 0 Å². The maximum atomic E-state index is 5.76. The van der Waals surface area contributed by atoms with E-state index in [1.807, 2.05) is 19.2 Å². The zero-order valence-electron chi connectivity index (χ0n) is 9.89. The summed E-state index contributed by atoms with van der Waals surface area (Å²) in [6.07, 6.45) is 3.34. The summed E-state index contributed by atoms with van der Waals surface area (Å²) in [6.45, 7) is 3.94. The Kier molecular flexibility index (Phi) is 3.41. The summed E-state index contributed by atoms with van der Waals surface area (Å²) in [7, 11) is 1.77. The van der Waals surface area contributed by atoms with Crippen LogP contribution in [-0.4, -0.2) is 31.3 Å². The first-order valence-corrected chi connectivity index (χ1v) is 5.70. The molecule has 16 heavy (non-hydrogen) atoms. The van der Waals surface area contributed by atoms with E-state index in [9.17, 15) is 0 Å². The predicted octanol–water partition coefficient (Wildman–Crippen LogP) is 1.33. The van der Waals surface area contributed by atoms with Gasteiger partial charge in [-0.1, -0.05) is 0 Å². The Morgan fingerprint density at radius 1 is 1.56 bits per heavy atom. The van der Waals surface area contributed by atoms with Crippen molar-refractivity contribution in [3.05, 3.63) is 24.0 Å². The number of ether oxygens (including phenoxy) is 1. The van der Waals surface area contributed by atoms with Crippen LogP contribution in [0.4, 0.5) is 5.69 Å². The maximum absolute atomic E-state index is 5.76. The highest BCUT2D eigenvalue weighted by Gasteiger charge is 2.22. The van der Waals surface area contributed by atoms with E-state index in [-0.39, 0.29) is 6.04 Å². The van der Waals surface area contributed by atoms with Crippen molar-refractivity contribution in [1.82, 2.24) is 4.98 Å². The average molecular weight is 221 g/mol. The lowest BCUT2D eigenvalue weighted by Crippen LogP contribution is -2.22. The normalized spacial score (nSPS) is 22.4. The van der Waals surface area contributed by atoms with Crippen molar-refractivity contribution in [2.75, 3.05) is 25.1 Å². The maximum Gasteiger partial charge on any atom is 0.0762 e. The van der Waals surface area contributed by atoms with E-state index >= 15 is 0 Å². The lowest BCUT2D eigenvalue weighted by Gasteiger charge is -2.18. The number of anilines is 1. The minimum atomic E-state index is -0.000600. The Morgan fingerprint density at radius 2 is 2.38 bits per heavy atom. The summed E-state index contributed by atoms with van der Waals surface area (Å²) in [6, 6.07) is 4.09. The smallest absolute Gasteiger partial charge is 0.0762 e. The number of rotatable bonds is 3. The summed E-state index contributed by atoms with van der Waals surface area (Å²) in [5.41, 5.74) is 7.86. The van der Waals surface area contributed by atoms with Crippen molar-refractivity contribution < 1.29 is 4.74 Å². The molecule has 1 aliphatic heterocycles. The van der Waals surface area contributed by atoms with Gasteiger partial charge >= 0.3 is 0 Å². The van der Waals surface area contributed by atoms with Gasteiger partial charge in [0.2, 0.25) is 0 Å². The number of hydrogen-bond donors (Lipinski definition) is 1. The third kappa shape index (κ3) is 2.33. The summed E-state index contributed by atoms with van der Waals surface area (Å²) < 4.78 is 5.34. The Hall–Kier alpha value is -1.13. The Balaban J connectivity index is 2.05. The number of hydrogen-bond acceptors (Lipinski definition) is 4. The van der Waals surface area contributed by atoms with E-state index in [1.54, 1.807) is 7.11 Å². The number of pyridine rings is 1. The molecule has 4 nitrogen and oxygen atoms in total. The molecular weight excluding hydrogens is 202 g/mol. The summed E-state index contributed by atoms with van der Waals surface area (Å²) in [5.74, 6) is 0. The molecule has 1 aliphatic rings. The molecule has 0 aliphatic carbocycles. The van der Waals surface area contributed by atoms with Gasteiger partial charge in [0, 0.05) is 26.2 Å². The highest BCUT2D eigenvalue weighted by molar-refractivity contribution is 5.46. The molecule has 1 aromatic rings. The van der Waals surface area contributed by atoms with Gasteiger partial charge in [0.25, 0.3) is 0 Å². The second-order valence-corrected chi connectivity index (χ2v) is 4.32. The topological polar surface area (TPSA) is 51.4 Å². The molecule has 88 valence electrons. The first-order chi connectivity index (χ1) is 7.70. The van der Waals surface area contributed by atoms with Gasteiger partial charge in [0.15, 0.2) is 0 Å². The molecule has 2 rings (SSSR count). The van der Waals surface area contributed by atoms with Crippen molar-refractivity contribution in [3.63, 3.8) is 0 Å². The number of nitrogens with two attached hydrogens (primary N) is 1. The van der Waals surface area contributed by atoms with Crippen molar-refractivity contribution in [2.24, 2.45) is 5.73 Å². The van der Waals surface area contributed by atoms with Gasteiger partial charge in [0.1, 0.15) is 0 Å². The van der Waals surface area contributed by atoms with Crippen LogP contribution in [0, 0.1) is 0 Å². The molecule has 1 saturated heterocycles. The van der Waals surface area contributed by atoms with Gasteiger partial charge in [0.05, 0.1) is 23.7 Å². The summed E-state index contributed by atoms with van der Waals surface area (Å²) in [5, 5.41) is 0. The van der Waals surface area contributed by atoms with Crippen LogP contribution in [0.3, 0.4) is 0 Å². The molecule has 2 heterocycles. The Labute approximate surface area is 96.4 Å². The molecule has 2 N–H and O–H groups in total. The third-order valence-corrected chi connectivity index (χ3v) is 3.08. The minimum Gasteiger partial charge on any atom is -0.380 e. The van der Waals surface area contributed by atoms with E-state index < -0.39 is 0 Å². The van der Waals surface area contributed by atoms with E-state index in [0.29, 0.717) is 6.10 Å². The van der Waals surface area contributed by atoms with Crippen molar-refractivity contribution in [3.8, 4) is 0 Å². The second-order valence-electron chi connectivity index (χ2n) is 4.32. The highest BCUT2D eigenvalue weighted by Crippen LogP contribution is 2.21. The van der Waals surface area contributed by atoms with Gasteiger partial charge in [-0.05, 0) is 25.5 Å². The fourth-order valence-corrected chi connectivity index (χ4v) is 2.01. The van der Waals surface area contributed by atoms with Crippen LogP contribution in [0.1, 0.15) is 25.1 Å². The monoisotopic (exact) mass is 221 g/mol. The fourth-order valence-electron chi connectivity index (χ4n) is 2.01. The van der Waals surface area contributed by atoms with E-state index in [4.69, 9.17) is 10.5 Å². The molecule has 1 aromatic heterocycles. The summed E-state index contributed by atoms with van der Waals surface area (Å²) >= 11 is 0. The van der Waals surface area contributed by atoms with Crippen LogP contribution in [0.5, 0.6) is 0 Å². The van der Waals surface area contributed by atoms with E-state index in [2.05, 4.69) is 16.0 Å². The zero-order valence-corrected chi connectivity index (χ0v) is 9.89. The minimum absolute atomic E-state index is 0.000600. The third-order valence-electron chi connectivity index (χ3n) is 3.08. The number of methoxy groups -OCH3 is 1.